The Balaban J connectivity index is 2.22. The zero-order chi connectivity index (χ0) is 19.3. The molecular formula is C23H28O3. The molecule has 0 saturated carbocycles. The van der Waals surface area contributed by atoms with Crippen LogP contribution in [0.5, 0.6) is 0 Å². The van der Waals surface area contributed by atoms with Crippen LogP contribution in [0.4, 0.5) is 0 Å². The number of hydrogen-bond donors (Lipinski definition) is 1. The van der Waals surface area contributed by atoms with E-state index < -0.39 is 0 Å². The number of carbonyl (C=O) groups excluding carboxylic acids is 1. The van der Waals surface area contributed by atoms with Gasteiger partial charge in [-0.25, -0.2) is 4.79 Å². The lowest BCUT2D eigenvalue weighted by atomic mass is 9.71. The number of aliphatic hydroxyl groups is 1. The first-order valence-corrected chi connectivity index (χ1v) is 9.12. The minimum Gasteiger partial charge on any atom is -0.465 e. The average Bonchev–Trinajstić information content (AvgIpc) is 2.78. The normalized spacial score (nSPS) is 19.9. The molecular weight excluding hydrogens is 324 g/mol. The van der Waals surface area contributed by atoms with E-state index in [1.54, 1.807) is 12.1 Å². The highest BCUT2D eigenvalue weighted by atomic mass is 16.5. The fourth-order valence-corrected chi connectivity index (χ4v) is 4.39. The fourth-order valence-electron chi connectivity index (χ4n) is 4.39. The number of methoxy groups -OCH3 is 1. The predicted octanol–water partition coefficient (Wildman–Crippen LogP) is 4.84. The Hall–Kier alpha value is -2.13. The van der Waals surface area contributed by atoms with Crippen molar-refractivity contribution in [2.45, 2.75) is 52.1 Å². The smallest absolute Gasteiger partial charge is 0.338 e. The summed E-state index contributed by atoms with van der Waals surface area (Å²) in [6, 6.07) is 11.9. The van der Waals surface area contributed by atoms with Gasteiger partial charge in [0, 0.05) is 0 Å². The highest BCUT2D eigenvalue weighted by molar-refractivity contribution is 5.97. The molecule has 3 rings (SSSR count). The van der Waals surface area contributed by atoms with Gasteiger partial charge in [-0.1, -0.05) is 58.9 Å². The predicted molar refractivity (Wildman–Crippen MR) is 104 cm³/mol. The van der Waals surface area contributed by atoms with Crippen LogP contribution in [0.25, 0.3) is 11.1 Å². The van der Waals surface area contributed by atoms with E-state index in [9.17, 15) is 9.90 Å². The van der Waals surface area contributed by atoms with Crippen molar-refractivity contribution in [1.82, 2.24) is 0 Å². The first-order chi connectivity index (χ1) is 12.1. The van der Waals surface area contributed by atoms with Crippen LogP contribution in [-0.4, -0.2) is 18.2 Å². The minimum atomic E-state index is -0.363. The Morgan fingerprint density at radius 2 is 1.69 bits per heavy atom. The highest BCUT2D eigenvalue weighted by Crippen LogP contribution is 2.54. The van der Waals surface area contributed by atoms with E-state index in [0.717, 1.165) is 16.7 Å². The molecule has 3 heteroatoms. The summed E-state index contributed by atoms with van der Waals surface area (Å²) in [6.45, 7) is 11.4. The van der Waals surface area contributed by atoms with E-state index in [1.807, 2.05) is 6.07 Å². The van der Waals surface area contributed by atoms with Crippen LogP contribution in [-0.2, 0) is 22.2 Å². The molecule has 2 aromatic rings. The summed E-state index contributed by atoms with van der Waals surface area (Å²) in [6.07, 6.45) is 0. The van der Waals surface area contributed by atoms with Crippen molar-refractivity contribution in [3.05, 3.63) is 58.7 Å². The summed E-state index contributed by atoms with van der Waals surface area (Å²) < 4.78 is 4.95. The van der Waals surface area contributed by atoms with Crippen LogP contribution >= 0.6 is 0 Å². The van der Waals surface area contributed by atoms with Gasteiger partial charge in [0.05, 0.1) is 19.3 Å². The molecule has 1 N–H and O–H groups in total. The third-order valence-corrected chi connectivity index (χ3v) is 6.56. The lowest BCUT2D eigenvalue weighted by Crippen LogP contribution is -2.30. The Kier molecular flexibility index (Phi) is 4.48. The molecule has 0 radical (unpaired) electrons. The zero-order valence-electron chi connectivity index (χ0n) is 16.5. The van der Waals surface area contributed by atoms with Gasteiger partial charge in [0.1, 0.15) is 0 Å². The van der Waals surface area contributed by atoms with Gasteiger partial charge in [-0.15, -0.1) is 0 Å². The number of carbonyl (C=O) groups is 1. The van der Waals surface area contributed by atoms with Crippen molar-refractivity contribution in [1.29, 1.82) is 0 Å². The van der Waals surface area contributed by atoms with Crippen LogP contribution in [0.1, 0.15) is 61.7 Å². The molecule has 0 aromatic heterocycles. The molecule has 0 saturated heterocycles. The van der Waals surface area contributed by atoms with E-state index in [-0.39, 0.29) is 23.4 Å². The Labute approximate surface area is 156 Å². The van der Waals surface area contributed by atoms with Crippen molar-refractivity contribution in [2.24, 2.45) is 5.92 Å². The van der Waals surface area contributed by atoms with Crippen molar-refractivity contribution in [3.63, 3.8) is 0 Å². The maximum Gasteiger partial charge on any atom is 0.338 e. The summed E-state index contributed by atoms with van der Waals surface area (Å²) in [5.74, 6) is 0.141. The third kappa shape index (κ3) is 2.66. The molecule has 2 aromatic carbocycles. The summed E-state index contributed by atoms with van der Waals surface area (Å²) >= 11 is 0. The highest BCUT2D eigenvalue weighted by Gasteiger charge is 2.48. The molecule has 0 heterocycles. The molecule has 138 valence electrons. The first-order valence-electron chi connectivity index (χ1n) is 9.12. The largest absolute Gasteiger partial charge is 0.465 e. The quantitative estimate of drug-likeness (QED) is 0.804. The number of hydrogen-bond acceptors (Lipinski definition) is 3. The second-order valence-electron chi connectivity index (χ2n) is 8.46. The summed E-state index contributed by atoms with van der Waals surface area (Å²) in [7, 11) is 1.39. The molecule has 26 heavy (non-hydrogen) atoms. The number of fused-ring (bicyclic) bond motifs is 1. The average molecular weight is 352 g/mol. The second-order valence-corrected chi connectivity index (χ2v) is 8.46. The molecule has 0 aliphatic heterocycles. The second kappa shape index (κ2) is 6.24. The molecule has 1 unspecified atom stereocenters. The summed E-state index contributed by atoms with van der Waals surface area (Å²) in [4.78, 5) is 12.2. The van der Waals surface area contributed by atoms with Gasteiger partial charge in [-0.2, -0.15) is 0 Å². The van der Waals surface area contributed by atoms with Gasteiger partial charge < -0.3 is 9.84 Å². The SMILES string of the molecule is COC(=O)c1ccc(CO)cc1-c1ccc2c(c1)C(C)(C)C(C)C2(C)C. The van der Waals surface area contributed by atoms with Gasteiger partial charge in [0.2, 0.25) is 0 Å². The maximum absolute atomic E-state index is 12.2. The van der Waals surface area contributed by atoms with Crippen molar-refractivity contribution < 1.29 is 14.6 Å². The monoisotopic (exact) mass is 352 g/mol. The van der Waals surface area contributed by atoms with Crippen LogP contribution in [0.15, 0.2) is 36.4 Å². The Bertz CT molecular complexity index is 862. The molecule has 0 fully saturated rings. The first kappa shape index (κ1) is 18.7. The number of aliphatic hydroxyl groups excluding tert-OH is 1. The maximum atomic E-state index is 12.2. The fraction of sp³-hybridized carbons (Fsp3) is 0.435. The summed E-state index contributed by atoms with van der Waals surface area (Å²) in [5, 5.41) is 9.52. The van der Waals surface area contributed by atoms with E-state index >= 15 is 0 Å². The Morgan fingerprint density at radius 1 is 1.04 bits per heavy atom. The van der Waals surface area contributed by atoms with Crippen LogP contribution in [0.3, 0.4) is 0 Å². The number of benzene rings is 2. The lowest BCUT2D eigenvalue weighted by Gasteiger charge is -2.32. The molecule has 1 aliphatic rings. The third-order valence-electron chi connectivity index (χ3n) is 6.56. The van der Waals surface area contributed by atoms with Crippen LogP contribution in [0.2, 0.25) is 0 Å². The summed E-state index contributed by atoms with van der Waals surface area (Å²) in [5.41, 5.74) is 5.95. The van der Waals surface area contributed by atoms with Crippen molar-refractivity contribution in [2.75, 3.05) is 7.11 Å². The van der Waals surface area contributed by atoms with Crippen molar-refractivity contribution >= 4 is 5.97 Å². The number of ether oxygens (including phenoxy) is 1. The zero-order valence-corrected chi connectivity index (χ0v) is 16.5. The van der Waals surface area contributed by atoms with Crippen LogP contribution in [0, 0.1) is 5.92 Å². The molecule has 3 nitrogen and oxygen atoms in total. The molecule has 1 atom stereocenters. The molecule has 0 spiro atoms. The van der Waals surface area contributed by atoms with E-state index in [0.29, 0.717) is 11.5 Å². The van der Waals surface area contributed by atoms with E-state index in [1.165, 1.54) is 18.2 Å². The van der Waals surface area contributed by atoms with Crippen LogP contribution < -0.4 is 0 Å². The topological polar surface area (TPSA) is 46.5 Å². The van der Waals surface area contributed by atoms with E-state index in [4.69, 9.17) is 4.74 Å². The van der Waals surface area contributed by atoms with Gasteiger partial charge in [0.25, 0.3) is 0 Å². The molecule has 1 aliphatic carbocycles. The Morgan fingerprint density at radius 3 is 2.31 bits per heavy atom. The standard InChI is InChI=1S/C23H28O3/c1-14-22(2,3)19-10-8-16(12-20(19)23(14,4)5)18-11-15(13-24)7-9-17(18)21(25)26-6/h7-12,14,24H,13H2,1-6H3. The van der Waals surface area contributed by atoms with Gasteiger partial charge in [0.15, 0.2) is 0 Å². The lowest BCUT2D eigenvalue weighted by molar-refractivity contribution is 0.0601. The molecule has 0 bridgehead atoms. The van der Waals surface area contributed by atoms with Crippen molar-refractivity contribution in [3.8, 4) is 11.1 Å². The van der Waals surface area contributed by atoms with Gasteiger partial charge in [-0.3, -0.25) is 0 Å². The van der Waals surface area contributed by atoms with E-state index in [2.05, 4.69) is 52.8 Å². The van der Waals surface area contributed by atoms with Gasteiger partial charge in [-0.05, 0) is 56.7 Å². The van der Waals surface area contributed by atoms with Gasteiger partial charge >= 0.3 is 5.97 Å². The minimum absolute atomic E-state index is 0.0505. The molecule has 0 amide bonds. The number of rotatable bonds is 3. The number of esters is 1.